The summed E-state index contributed by atoms with van der Waals surface area (Å²) < 4.78 is 0. The maximum atomic E-state index is 9.10. The van der Waals surface area contributed by atoms with Gasteiger partial charge in [-0.25, -0.2) is 4.98 Å². The second kappa shape index (κ2) is 11.8. The molecule has 2 aromatic heterocycles. The van der Waals surface area contributed by atoms with Crippen molar-refractivity contribution >= 4 is 12.1 Å². The van der Waals surface area contributed by atoms with Gasteiger partial charge in [0.2, 0.25) is 0 Å². The third kappa shape index (κ3) is 8.96. The van der Waals surface area contributed by atoms with Crippen molar-refractivity contribution in [3.8, 4) is 17.3 Å². The Balaban J connectivity index is 0.000000632. The molecule has 2 heterocycles. The lowest BCUT2D eigenvalue weighted by molar-refractivity contribution is -0.106. The van der Waals surface area contributed by atoms with Crippen molar-refractivity contribution in [1.82, 2.24) is 9.97 Å². The maximum absolute atomic E-state index is 9.10. The Bertz CT molecular complexity index is 756. The average Bonchev–Trinajstić information content (AvgIpc) is 2.62. The number of nitriles is 1. The molecule has 27 heavy (non-hydrogen) atoms. The van der Waals surface area contributed by atoms with E-state index in [-0.39, 0.29) is 0 Å². The fraction of sp³-hybridized carbons (Fsp3) is 0.455. The molecule has 5 nitrogen and oxygen atoms in total. The van der Waals surface area contributed by atoms with Gasteiger partial charge in [0.05, 0.1) is 17.3 Å². The smallest absolute Gasteiger partial charge is 0.131 e. The van der Waals surface area contributed by atoms with Crippen molar-refractivity contribution in [2.75, 3.05) is 19.0 Å². The molecular formula is C22H32N4O. The quantitative estimate of drug-likeness (QED) is 0.695. The Kier molecular flexibility index (Phi) is 10.6. The van der Waals surface area contributed by atoms with Crippen molar-refractivity contribution in [3.63, 3.8) is 0 Å². The van der Waals surface area contributed by atoms with E-state index >= 15 is 0 Å². The van der Waals surface area contributed by atoms with Crippen LogP contribution < -0.4 is 4.90 Å². The molecule has 0 atom stereocenters. The van der Waals surface area contributed by atoms with E-state index in [4.69, 9.17) is 10.1 Å². The first-order valence-electron chi connectivity index (χ1n) is 9.00. The lowest BCUT2D eigenvalue weighted by atomic mass is 9.94. The molecule has 0 aliphatic carbocycles. The molecule has 2 rings (SSSR count). The van der Waals surface area contributed by atoms with E-state index in [1.165, 1.54) is 13.3 Å². The normalized spacial score (nSPS) is 9.74. The maximum Gasteiger partial charge on any atom is 0.131 e. The molecular weight excluding hydrogens is 336 g/mol. The lowest BCUT2D eigenvalue weighted by Crippen LogP contribution is -2.12. The van der Waals surface area contributed by atoms with Crippen molar-refractivity contribution in [2.45, 2.75) is 48.0 Å². The highest BCUT2D eigenvalue weighted by molar-refractivity contribution is 5.68. The van der Waals surface area contributed by atoms with Crippen LogP contribution in [0.4, 0.5) is 5.82 Å². The zero-order valence-electron chi connectivity index (χ0n) is 17.9. The molecule has 2 aromatic rings. The van der Waals surface area contributed by atoms with E-state index in [1.807, 2.05) is 38.1 Å². The lowest BCUT2D eigenvalue weighted by Gasteiger charge is -2.15. The number of aryl methyl sites for hydroxylation is 1. The predicted octanol–water partition coefficient (Wildman–Crippen LogP) is 5.04. The van der Waals surface area contributed by atoms with Crippen LogP contribution >= 0.6 is 0 Å². The summed E-state index contributed by atoms with van der Waals surface area (Å²) >= 11 is 0. The number of rotatable bonds is 2. The molecule has 0 fully saturated rings. The van der Waals surface area contributed by atoms with Gasteiger partial charge < -0.3 is 9.69 Å². The van der Waals surface area contributed by atoms with E-state index in [0.29, 0.717) is 11.0 Å². The van der Waals surface area contributed by atoms with Crippen molar-refractivity contribution in [1.29, 1.82) is 5.26 Å². The van der Waals surface area contributed by atoms with Crippen LogP contribution in [0.25, 0.3) is 11.3 Å². The summed E-state index contributed by atoms with van der Waals surface area (Å²) in [6.07, 6.45) is 5.31. The van der Waals surface area contributed by atoms with Gasteiger partial charge in [-0.3, -0.25) is 4.98 Å². The summed E-state index contributed by atoms with van der Waals surface area (Å²) in [6.45, 7) is 12.4. The number of hydrogen-bond donors (Lipinski definition) is 0. The zero-order valence-corrected chi connectivity index (χ0v) is 17.9. The number of hydrogen-bond acceptors (Lipinski definition) is 5. The zero-order chi connectivity index (χ0) is 21.0. The van der Waals surface area contributed by atoms with Crippen LogP contribution in [0, 0.1) is 23.7 Å². The van der Waals surface area contributed by atoms with Crippen molar-refractivity contribution < 1.29 is 4.79 Å². The van der Waals surface area contributed by atoms with Gasteiger partial charge in [0.25, 0.3) is 0 Å². The molecule has 0 saturated heterocycles. The third-order valence-corrected chi connectivity index (χ3v) is 3.77. The molecule has 0 amide bonds. The highest BCUT2D eigenvalue weighted by atomic mass is 16.1. The molecule has 0 bridgehead atoms. The van der Waals surface area contributed by atoms with Gasteiger partial charge in [-0.05, 0) is 37.0 Å². The van der Waals surface area contributed by atoms with Crippen LogP contribution in [-0.4, -0.2) is 30.3 Å². The fourth-order valence-electron chi connectivity index (χ4n) is 1.82. The minimum absolute atomic E-state index is 0.542. The van der Waals surface area contributed by atoms with E-state index in [9.17, 15) is 0 Å². The largest absolute Gasteiger partial charge is 0.363 e. The van der Waals surface area contributed by atoms with Gasteiger partial charge in [0, 0.05) is 32.1 Å². The van der Waals surface area contributed by atoms with Crippen molar-refractivity contribution in [3.05, 3.63) is 41.7 Å². The molecule has 5 heteroatoms. The predicted molar refractivity (Wildman–Crippen MR) is 113 cm³/mol. The summed E-state index contributed by atoms with van der Waals surface area (Å²) in [7, 11) is 3.90. The van der Waals surface area contributed by atoms with E-state index in [2.05, 4.69) is 43.7 Å². The molecule has 0 aliphatic rings. The number of pyridine rings is 2. The second-order valence-electron chi connectivity index (χ2n) is 7.41. The van der Waals surface area contributed by atoms with Gasteiger partial charge in [-0.2, -0.15) is 5.26 Å². The first-order valence-corrected chi connectivity index (χ1v) is 9.00. The molecule has 0 N–H and O–H groups in total. The summed E-state index contributed by atoms with van der Waals surface area (Å²) in [5.41, 5.74) is 3.77. The Labute approximate surface area is 164 Å². The van der Waals surface area contributed by atoms with Crippen LogP contribution in [0.5, 0.6) is 0 Å². The van der Waals surface area contributed by atoms with Crippen LogP contribution in [0.15, 0.2) is 30.6 Å². The van der Waals surface area contributed by atoms with Crippen LogP contribution in [0.3, 0.4) is 0 Å². The summed E-state index contributed by atoms with van der Waals surface area (Å²) in [5.74, 6) is 0.903. The minimum Gasteiger partial charge on any atom is -0.363 e. The Morgan fingerprint density at radius 2 is 1.78 bits per heavy atom. The number of aromatic nitrogens is 2. The van der Waals surface area contributed by atoms with E-state index in [0.717, 1.165) is 28.9 Å². The fourth-order valence-corrected chi connectivity index (χ4v) is 1.82. The molecule has 0 aromatic carbocycles. The third-order valence-electron chi connectivity index (χ3n) is 3.77. The van der Waals surface area contributed by atoms with E-state index in [1.54, 1.807) is 18.5 Å². The van der Waals surface area contributed by atoms with Crippen LogP contribution in [-0.2, 0) is 4.79 Å². The van der Waals surface area contributed by atoms with E-state index < -0.39 is 0 Å². The van der Waals surface area contributed by atoms with Gasteiger partial charge in [0.1, 0.15) is 12.1 Å². The number of anilines is 1. The van der Waals surface area contributed by atoms with Gasteiger partial charge in [0.15, 0.2) is 0 Å². The van der Waals surface area contributed by atoms with Gasteiger partial charge in [-0.15, -0.1) is 0 Å². The Morgan fingerprint density at radius 1 is 1.22 bits per heavy atom. The van der Waals surface area contributed by atoms with Crippen molar-refractivity contribution in [2.24, 2.45) is 5.41 Å². The van der Waals surface area contributed by atoms with Crippen LogP contribution in [0.1, 0.15) is 52.2 Å². The van der Waals surface area contributed by atoms with Gasteiger partial charge in [-0.1, -0.05) is 40.2 Å². The first kappa shape index (κ1) is 24.3. The highest BCUT2D eigenvalue weighted by Crippen LogP contribution is 2.24. The number of aldehydes is 1. The standard InChI is InChI=1S/C14H14N4.C6H14.C2H4O/c1-10-4-5-13(17-14(10)18(2)3)12-9-16-7-6-11(12)8-15;1-5-6(2,3)4;1-2-3/h4-7,9H,1-3H3;5H2,1-4H3;2H,1H3. The Morgan fingerprint density at radius 3 is 2.22 bits per heavy atom. The SMILES string of the molecule is CC=O.CCC(C)(C)C.Cc1ccc(-c2cnccc2C#N)nc1N(C)C. The summed E-state index contributed by atoms with van der Waals surface area (Å²) in [6, 6.07) is 7.79. The number of carbonyl (C=O) groups is 1. The average molecular weight is 369 g/mol. The van der Waals surface area contributed by atoms with Gasteiger partial charge >= 0.3 is 0 Å². The topological polar surface area (TPSA) is 69.9 Å². The number of carbonyl (C=O) groups excluding carboxylic acids is 1. The molecule has 0 unspecified atom stereocenters. The second-order valence-corrected chi connectivity index (χ2v) is 7.41. The minimum atomic E-state index is 0.542. The Hall–Kier alpha value is -2.74. The summed E-state index contributed by atoms with van der Waals surface area (Å²) in [5, 5.41) is 9.10. The van der Waals surface area contributed by atoms with Crippen LogP contribution in [0.2, 0.25) is 0 Å². The summed E-state index contributed by atoms with van der Waals surface area (Å²) in [4.78, 5) is 19.4. The first-order chi connectivity index (χ1) is 12.6. The monoisotopic (exact) mass is 368 g/mol. The molecule has 0 aliphatic heterocycles. The molecule has 0 saturated carbocycles. The molecule has 0 spiro atoms. The number of nitrogens with zero attached hydrogens (tertiary/aromatic N) is 4. The highest BCUT2D eigenvalue weighted by Gasteiger charge is 2.09. The molecule has 146 valence electrons. The molecule has 0 radical (unpaired) electrons.